The maximum Gasteiger partial charge on any atom is 0.262 e. The lowest BCUT2D eigenvalue weighted by molar-refractivity contribution is -0.118. The lowest BCUT2D eigenvalue weighted by Gasteiger charge is -2.20. The fourth-order valence-corrected chi connectivity index (χ4v) is 2.07. The van der Waals surface area contributed by atoms with E-state index in [2.05, 4.69) is 16.7 Å². The molecule has 0 unspecified atom stereocenters. The van der Waals surface area contributed by atoms with Crippen molar-refractivity contribution >= 4 is 28.7 Å². The van der Waals surface area contributed by atoms with Crippen molar-refractivity contribution in [1.82, 2.24) is 0 Å². The van der Waals surface area contributed by atoms with Crippen LogP contribution in [0.25, 0.3) is 0 Å². The standard InChI is InChI=1S/C15H12N4O2/c16-7-9-2-1-3-10(4-9)18-12-6-13-14(5-11(12)17)21-8-15(20)19-13/h1-6,18H,8,17H2,(H,19,20). The average Bonchev–Trinajstić information content (AvgIpc) is 2.49. The number of nitrogens with two attached hydrogens (primary N) is 1. The first-order valence-corrected chi connectivity index (χ1v) is 6.29. The van der Waals surface area contributed by atoms with Gasteiger partial charge in [-0.25, -0.2) is 0 Å². The summed E-state index contributed by atoms with van der Waals surface area (Å²) in [5.74, 6) is 0.341. The number of fused-ring (bicyclic) bond motifs is 1. The maximum atomic E-state index is 11.3. The molecule has 1 aliphatic heterocycles. The topological polar surface area (TPSA) is 100 Å². The van der Waals surface area contributed by atoms with Crippen LogP contribution in [0.2, 0.25) is 0 Å². The molecule has 6 heteroatoms. The molecule has 21 heavy (non-hydrogen) atoms. The molecule has 0 aromatic heterocycles. The van der Waals surface area contributed by atoms with E-state index in [1.54, 1.807) is 30.3 Å². The van der Waals surface area contributed by atoms with Gasteiger partial charge in [0.05, 0.1) is 28.7 Å². The second kappa shape index (κ2) is 5.06. The van der Waals surface area contributed by atoms with Crippen LogP contribution in [-0.2, 0) is 4.79 Å². The van der Waals surface area contributed by atoms with Gasteiger partial charge in [0, 0.05) is 11.8 Å². The molecule has 0 radical (unpaired) electrons. The monoisotopic (exact) mass is 280 g/mol. The minimum absolute atomic E-state index is 0.0105. The number of benzene rings is 2. The van der Waals surface area contributed by atoms with Crippen molar-refractivity contribution in [2.45, 2.75) is 0 Å². The first kappa shape index (κ1) is 12.8. The third kappa shape index (κ3) is 2.58. The van der Waals surface area contributed by atoms with Gasteiger partial charge in [-0.15, -0.1) is 0 Å². The predicted molar refractivity (Wildman–Crippen MR) is 79.4 cm³/mol. The van der Waals surface area contributed by atoms with Crippen LogP contribution in [0, 0.1) is 11.3 Å². The van der Waals surface area contributed by atoms with E-state index in [0.717, 1.165) is 5.69 Å². The Labute approximate surface area is 121 Å². The first-order chi connectivity index (χ1) is 10.2. The summed E-state index contributed by atoms with van der Waals surface area (Å²) in [7, 11) is 0. The summed E-state index contributed by atoms with van der Waals surface area (Å²) in [6, 6.07) is 12.5. The summed E-state index contributed by atoms with van der Waals surface area (Å²) < 4.78 is 5.30. The normalized spacial score (nSPS) is 12.6. The van der Waals surface area contributed by atoms with E-state index < -0.39 is 0 Å². The molecule has 0 aliphatic carbocycles. The van der Waals surface area contributed by atoms with Crippen LogP contribution in [0.5, 0.6) is 5.75 Å². The number of amides is 1. The molecule has 104 valence electrons. The summed E-state index contributed by atoms with van der Waals surface area (Å²) in [6.45, 7) is -0.0105. The second-order valence-electron chi connectivity index (χ2n) is 4.59. The highest BCUT2D eigenvalue weighted by atomic mass is 16.5. The Kier molecular flexibility index (Phi) is 3.09. The number of nitriles is 1. The lowest BCUT2D eigenvalue weighted by atomic mass is 10.1. The summed E-state index contributed by atoms with van der Waals surface area (Å²) in [5.41, 5.74) is 8.96. The Hall–Kier alpha value is -3.20. The van der Waals surface area contributed by atoms with E-state index >= 15 is 0 Å². The van der Waals surface area contributed by atoms with E-state index in [-0.39, 0.29) is 12.5 Å². The minimum atomic E-state index is -0.204. The zero-order chi connectivity index (χ0) is 14.8. The summed E-state index contributed by atoms with van der Waals surface area (Å²) in [6.07, 6.45) is 0. The average molecular weight is 280 g/mol. The smallest absolute Gasteiger partial charge is 0.262 e. The molecule has 0 saturated heterocycles. The zero-order valence-corrected chi connectivity index (χ0v) is 11.0. The van der Waals surface area contributed by atoms with Gasteiger partial charge < -0.3 is 21.1 Å². The van der Waals surface area contributed by atoms with Crippen LogP contribution in [0.15, 0.2) is 36.4 Å². The van der Waals surface area contributed by atoms with Crippen LogP contribution in [-0.4, -0.2) is 12.5 Å². The van der Waals surface area contributed by atoms with Gasteiger partial charge in [-0.2, -0.15) is 5.26 Å². The highest BCUT2D eigenvalue weighted by Gasteiger charge is 2.17. The highest BCUT2D eigenvalue weighted by Crippen LogP contribution is 2.36. The van der Waals surface area contributed by atoms with Crippen LogP contribution in [0.3, 0.4) is 0 Å². The lowest BCUT2D eigenvalue weighted by Crippen LogP contribution is -2.25. The van der Waals surface area contributed by atoms with Crippen molar-refractivity contribution in [2.24, 2.45) is 0 Å². The molecule has 1 heterocycles. The fraction of sp³-hybridized carbons (Fsp3) is 0.0667. The molecule has 0 spiro atoms. The third-order valence-electron chi connectivity index (χ3n) is 3.06. The van der Waals surface area contributed by atoms with Crippen LogP contribution < -0.4 is 21.1 Å². The molecule has 1 aliphatic rings. The number of nitrogen functional groups attached to an aromatic ring is 1. The molecular formula is C15H12N4O2. The molecule has 0 bridgehead atoms. The number of hydrogen-bond donors (Lipinski definition) is 3. The summed E-state index contributed by atoms with van der Waals surface area (Å²) >= 11 is 0. The number of carbonyl (C=O) groups excluding carboxylic acids is 1. The van der Waals surface area contributed by atoms with E-state index in [9.17, 15) is 4.79 Å². The van der Waals surface area contributed by atoms with Crippen LogP contribution in [0.1, 0.15) is 5.56 Å². The largest absolute Gasteiger partial charge is 0.482 e. The molecule has 2 aromatic carbocycles. The van der Waals surface area contributed by atoms with Crippen molar-refractivity contribution in [1.29, 1.82) is 5.26 Å². The summed E-state index contributed by atoms with van der Waals surface area (Å²) in [5, 5.41) is 14.8. The number of anilines is 4. The predicted octanol–water partition coefficient (Wildman–Crippen LogP) is 2.21. The van der Waals surface area contributed by atoms with Gasteiger partial charge in [-0.1, -0.05) is 6.07 Å². The van der Waals surface area contributed by atoms with Crippen LogP contribution in [0.4, 0.5) is 22.7 Å². The Bertz CT molecular complexity index is 765. The van der Waals surface area contributed by atoms with E-state index in [0.29, 0.717) is 28.4 Å². The third-order valence-corrected chi connectivity index (χ3v) is 3.06. The van der Waals surface area contributed by atoms with Crippen molar-refractivity contribution < 1.29 is 9.53 Å². The van der Waals surface area contributed by atoms with Crippen molar-refractivity contribution in [3.05, 3.63) is 42.0 Å². The second-order valence-corrected chi connectivity index (χ2v) is 4.59. The number of hydrogen-bond acceptors (Lipinski definition) is 5. The molecule has 0 atom stereocenters. The van der Waals surface area contributed by atoms with Crippen molar-refractivity contribution in [2.75, 3.05) is 23.0 Å². The summed E-state index contributed by atoms with van der Waals surface area (Å²) in [4.78, 5) is 11.3. The molecule has 1 amide bonds. The van der Waals surface area contributed by atoms with Gasteiger partial charge in [0.15, 0.2) is 6.61 Å². The minimum Gasteiger partial charge on any atom is -0.482 e. The molecule has 3 rings (SSSR count). The number of carbonyl (C=O) groups is 1. The molecule has 0 fully saturated rings. The Morgan fingerprint density at radius 1 is 1.33 bits per heavy atom. The van der Waals surface area contributed by atoms with E-state index in [1.165, 1.54) is 0 Å². The van der Waals surface area contributed by atoms with Gasteiger partial charge in [0.2, 0.25) is 0 Å². The number of rotatable bonds is 2. The first-order valence-electron chi connectivity index (χ1n) is 6.29. The van der Waals surface area contributed by atoms with Gasteiger partial charge in [-0.3, -0.25) is 4.79 Å². The Balaban J connectivity index is 1.93. The van der Waals surface area contributed by atoms with Gasteiger partial charge in [0.25, 0.3) is 5.91 Å². The molecule has 0 saturated carbocycles. The molecular weight excluding hydrogens is 268 g/mol. The SMILES string of the molecule is N#Cc1cccc(Nc2cc3c(cc2N)OCC(=O)N3)c1. The maximum absolute atomic E-state index is 11.3. The van der Waals surface area contributed by atoms with E-state index in [4.69, 9.17) is 15.7 Å². The van der Waals surface area contributed by atoms with Gasteiger partial charge in [-0.05, 0) is 24.3 Å². The van der Waals surface area contributed by atoms with Gasteiger partial charge in [0.1, 0.15) is 5.75 Å². The van der Waals surface area contributed by atoms with Crippen molar-refractivity contribution in [3.63, 3.8) is 0 Å². The molecule has 2 aromatic rings. The number of nitrogens with one attached hydrogen (secondary N) is 2. The Morgan fingerprint density at radius 3 is 3.00 bits per heavy atom. The molecule has 4 N–H and O–H groups in total. The van der Waals surface area contributed by atoms with Crippen molar-refractivity contribution in [3.8, 4) is 11.8 Å². The van der Waals surface area contributed by atoms with Crippen LogP contribution >= 0.6 is 0 Å². The number of ether oxygens (including phenoxy) is 1. The quantitative estimate of drug-likeness (QED) is 0.732. The fourth-order valence-electron chi connectivity index (χ4n) is 2.07. The zero-order valence-electron chi connectivity index (χ0n) is 11.0. The van der Waals surface area contributed by atoms with Gasteiger partial charge >= 0.3 is 0 Å². The molecule has 6 nitrogen and oxygen atoms in total. The van der Waals surface area contributed by atoms with E-state index in [1.807, 2.05) is 6.07 Å². The number of nitrogens with zero attached hydrogens (tertiary/aromatic N) is 1. The Morgan fingerprint density at radius 2 is 2.19 bits per heavy atom. The highest BCUT2D eigenvalue weighted by molar-refractivity contribution is 5.97.